The molecule has 0 aromatic heterocycles. The van der Waals surface area contributed by atoms with Crippen molar-refractivity contribution in [1.29, 1.82) is 0 Å². The number of nitrogens with zero attached hydrogens (tertiary/aromatic N) is 1. The number of nitrogens with one attached hydrogen (secondary N) is 1. The Labute approximate surface area is 157 Å². The van der Waals surface area contributed by atoms with E-state index in [4.69, 9.17) is 0 Å². The number of rotatable bonds is 4. The standard InChI is InChI=1S/C20H30N2O3S/c1-3-26(24,25)22-15(2)13-17-14-16(11-12-19(17)22)20(23)21-18-9-7-5-4-6-8-10-18/h11-12,14-15,18H,3-10,13H2,1-2H3,(H,21,23)/t15-/m1/s1. The summed E-state index contributed by atoms with van der Waals surface area (Å²) in [5.74, 6) is 0.0450. The molecule has 1 amide bonds. The zero-order valence-electron chi connectivity index (χ0n) is 15.8. The van der Waals surface area contributed by atoms with Gasteiger partial charge in [0.1, 0.15) is 0 Å². The average molecular weight is 379 g/mol. The van der Waals surface area contributed by atoms with Crippen LogP contribution in [0.3, 0.4) is 0 Å². The Morgan fingerprint density at radius 1 is 1.15 bits per heavy atom. The smallest absolute Gasteiger partial charge is 0.251 e. The van der Waals surface area contributed by atoms with Crippen molar-refractivity contribution in [2.24, 2.45) is 0 Å². The second-order valence-corrected chi connectivity index (χ2v) is 9.74. The summed E-state index contributed by atoms with van der Waals surface area (Å²) < 4.78 is 26.2. The first kappa shape index (κ1) is 19.2. The molecule has 0 bridgehead atoms. The van der Waals surface area contributed by atoms with Crippen LogP contribution in [0.2, 0.25) is 0 Å². The highest BCUT2D eigenvalue weighted by molar-refractivity contribution is 7.92. The first-order valence-electron chi connectivity index (χ1n) is 9.88. The van der Waals surface area contributed by atoms with Gasteiger partial charge >= 0.3 is 0 Å². The predicted octanol–water partition coefficient (Wildman–Crippen LogP) is 3.63. The Kier molecular flexibility index (Phi) is 5.90. The Morgan fingerprint density at radius 3 is 2.46 bits per heavy atom. The maximum atomic E-state index is 12.7. The topological polar surface area (TPSA) is 66.5 Å². The minimum absolute atomic E-state index is 0.0391. The lowest BCUT2D eigenvalue weighted by Crippen LogP contribution is -2.36. The first-order chi connectivity index (χ1) is 12.4. The number of sulfonamides is 1. The molecule has 1 aromatic rings. The molecule has 1 saturated carbocycles. The zero-order chi connectivity index (χ0) is 18.7. The van der Waals surface area contributed by atoms with E-state index in [1.165, 1.54) is 36.4 Å². The third kappa shape index (κ3) is 4.05. The lowest BCUT2D eigenvalue weighted by Gasteiger charge is -2.23. The second-order valence-electron chi connectivity index (χ2n) is 7.61. The fourth-order valence-corrected chi connectivity index (χ4v) is 5.55. The van der Waals surface area contributed by atoms with E-state index >= 15 is 0 Å². The molecule has 0 spiro atoms. The first-order valence-corrected chi connectivity index (χ1v) is 11.5. The molecule has 1 N–H and O–H groups in total. The SMILES string of the molecule is CCS(=O)(=O)N1c2ccc(C(=O)NC3CCCCCCC3)cc2C[C@H]1C. The van der Waals surface area contributed by atoms with E-state index < -0.39 is 10.0 Å². The molecule has 1 heterocycles. The Balaban J connectivity index is 1.75. The normalized spacial score (nSPS) is 21.8. The summed E-state index contributed by atoms with van der Waals surface area (Å²) in [5.41, 5.74) is 2.30. The van der Waals surface area contributed by atoms with Crippen LogP contribution in [0, 0.1) is 0 Å². The molecule has 1 aliphatic heterocycles. The summed E-state index contributed by atoms with van der Waals surface area (Å²) in [4.78, 5) is 12.7. The lowest BCUT2D eigenvalue weighted by atomic mass is 9.96. The average Bonchev–Trinajstić information content (AvgIpc) is 2.92. The minimum Gasteiger partial charge on any atom is -0.349 e. The monoisotopic (exact) mass is 378 g/mol. The van der Waals surface area contributed by atoms with Gasteiger partial charge in [-0.2, -0.15) is 0 Å². The molecule has 5 nitrogen and oxygen atoms in total. The molecule has 6 heteroatoms. The van der Waals surface area contributed by atoms with Gasteiger partial charge in [-0.15, -0.1) is 0 Å². The van der Waals surface area contributed by atoms with E-state index in [0.717, 1.165) is 24.1 Å². The van der Waals surface area contributed by atoms with Gasteiger partial charge < -0.3 is 5.32 Å². The van der Waals surface area contributed by atoms with Crippen molar-refractivity contribution in [2.75, 3.05) is 10.1 Å². The van der Waals surface area contributed by atoms with Crippen LogP contribution in [0.1, 0.15) is 74.7 Å². The summed E-state index contributed by atoms with van der Waals surface area (Å²) in [6.45, 7) is 3.58. The molecule has 3 rings (SSSR count). The summed E-state index contributed by atoms with van der Waals surface area (Å²) >= 11 is 0. The second kappa shape index (κ2) is 7.99. The highest BCUT2D eigenvalue weighted by Crippen LogP contribution is 2.35. The molecule has 0 radical (unpaired) electrons. The van der Waals surface area contributed by atoms with Crippen molar-refractivity contribution in [1.82, 2.24) is 5.32 Å². The molecule has 1 aromatic carbocycles. The molecule has 2 aliphatic rings. The molecule has 1 atom stereocenters. The van der Waals surface area contributed by atoms with Gasteiger partial charge in [-0.1, -0.05) is 32.1 Å². The van der Waals surface area contributed by atoms with Crippen LogP contribution in [-0.2, 0) is 16.4 Å². The van der Waals surface area contributed by atoms with E-state index in [2.05, 4.69) is 5.32 Å². The van der Waals surface area contributed by atoms with Gasteiger partial charge in [-0.05, 0) is 56.9 Å². The van der Waals surface area contributed by atoms with Crippen molar-refractivity contribution in [3.05, 3.63) is 29.3 Å². The van der Waals surface area contributed by atoms with E-state index in [1.54, 1.807) is 19.1 Å². The summed E-state index contributed by atoms with van der Waals surface area (Å²) in [6, 6.07) is 5.58. The minimum atomic E-state index is -3.29. The van der Waals surface area contributed by atoms with Crippen LogP contribution in [0.25, 0.3) is 0 Å². The number of fused-ring (bicyclic) bond motifs is 1. The third-order valence-electron chi connectivity index (χ3n) is 5.60. The van der Waals surface area contributed by atoms with Crippen LogP contribution in [-0.4, -0.2) is 32.2 Å². The van der Waals surface area contributed by atoms with Crippen LogP contribution in [0.15, 0.2) is 18.2 Å². The lowest BCUT2D eigenvalue weighted by molar-refractivity contribution is 0.0930. The fourth-order valence-electron chi connectivity index (χ4n) is 4.18. The maximum Gasteiger partial charge on any atom is 0.251 e. The summed E-state index contributed by atoms with van der Waals surface area (Å²) in [5, 5.41) is 3.19. The van der Waals surface area contributed by atoms with Crippen molar-refractivity contribution in [3.8, 4) is 0 Å². The molecular weight excluding hydrogens is 348 g/mol. The summed E-state index contributed by atoms with van der Waals surface area (Å²) in [7, 11) is -3.29. The molecule has 1 aliphatic carbocycles. The molecular formula is C20H30N2O3S. The third-order valence-corrected chi connectivity index (χ3v) is 7.49. The number of carbonyl (C=O) groups is 1. The van der Waals surface area contributed by atoms with Gasteiger partial charge in [0.2, 0.25) is 10.0 Å². The number of anilines is 1. The highest BCUT2D eigenvalue weighted by Gasteiger charge is 2.34. The van der Waals surface area contributed by atoms with Crippen LogP contribution < -0.4 is 9.62 Å². The summed E-state index contributed by atoms with van der Waals surface area (Å²) in [6.07, 6.45) is 8.93. The van der Waals surface area contributed by atoms with Crippen molar-refractivity contribution >= 4 is 21.6 Å². The molecule has 0 unspecified atom stereocenters. The van der Waals surface area contributed by atoms with Crippen molar-refractivity contribution < 1.29 is 13.2 Å². The van der Waals surface area contributed by atoms with Crippen molar-refractivity contribution in [2.45, 2.75) is 77.3 Å². The predicted molar refractivity (Wildman–Crippen MR) is 105 cm³/mol. The number of amides is 1. The van der Waals surface area contributed by atoms with Gasteiger partial charge in [-0.25, -0.2) is 8.42 Å². The van der Waals surface area contributed by atoms with Crippen molar-refractivity contribution in [3.63, 3.8) is 0 Å². The van der Waals surface area contributed by atoms with Crippen LogP contribution >= 0.6 is 0 Å². The Hall–Kier alpha value is -1.56. The number of hydrogen-bond donors (Lipinski definition) is 1. The quantitative estimate of drug-likeness (QED) is 0.870. The molecule has 0 saturated heterocycles. The van der Waals surface area contributed by atoms with Gasteiger partial charge in [0, 0.05) is 17.6 Å². The van der Waals surface area contributed by atoms with E-state index in [1.807, 2.05) is 13.0 Å². The van der Waals surface area contributed by atoms with E-state index in [9.17, 15) is 13.2 Å². The molecule has 26 heavy (non-hydrogen) atoms. The number of carbonyl (C=O) groups excluding carboxylic acids is 1. The largest absolute Gasteiger partial charge is 0.349 e. The Bertz CT molecular complexity index is 752. The van der Waals surface area contributed by atoms with Gasteiger partial charge in [0.05, 0.1) is 11.4 Å². The molecule has 1 fully saturated rings. The number of benzene rings is 1. The van der Waals surface area contributed by atoms with E-state index in [-0.39, 0.29) is 23.7 Å². The Morgan fingerprint density at radius 2 is 1.81 bits per heavy atom. The van der Waals surface area contributed by atoms with Gasteiger partial charge in [0.15, 0.2) is 0 Å². The van der Waals surface area contributed by atoms with E-state index in [0.29, 0.717) is 12.0 Å². The van der Waals surface area contributed by atoms with Crippen LogP contribution in [0.5, 0.6) is 0 Å². The zero-order valence-corrected chi connectivity index (χ0v) is 16.6. The molecule has 144 valence electrons. The van der Waals surface area contributed by atoms with Gasteiger partial charge in [-0.3, -0.25) is 9.10 Å². The van der Waals surface area contributed by atoms with Crippen LogP contribution in [0.4, 0.5) is 5.69 Å². The maximum absolute atomic E-state index is 12.7. The number of hydrogen-bond acceptors (Lipinski definition) is 3. The highest BCUT2D eigenvalue weighted by atomic mass is 32.2. The van der Waals surface area contributed by atoms with Gasteiger partial charge in [0.25, 0.3) is 5.91 Å². The fraction of sp³-hybridized carbons (Fsp3) is 0.650.